The van der Waals surface area contributed by atoms with Crippen molar-refractivity contribution in [1.82, 2.24) is 35.7 Å². The van der Waals surface area contributed by atoms with Gasteiger partial charge in [-0.05, 0) is 116 Å². The highest BCUT2D eigenvalue weighted by atomic mass is 16.2. The van der Waals surface area contributed by atoms with Crippen molar-refractivity contribution in [3.63, 3.8) is 0 Å². The highest BCUT2D eigenvalue weighted by molar-refractivity contribution is 6.15. The molecule has 57 heavy (non-hydrogen) atoms. The number of nitrogens with zero attached hydrogens (tertiary/aromatic N) is 4. The van der Waals surface area contributed by atoms with Crippen molar-refractivity contribution in [1.29, 1.82) is 0 Å². The number of carbonyl (C=O) groups excluding carboxylic acids is 2. The van der Waals surface area contributed by atoms with E-state index in [0.29, 0.717) is 11.1 Å². The third-order valence-electron chi connectivity index (χ3n) is 11.7. The molecule has 0 aliphatic carbocycles. The first kappa shape index (κ1) is 38.5. The number of benzene rings is 4. The molecule has 0 radical (unpaired) electrons. The van der Waals surface area contributed by atoms with E-state index in [-0.39, 0.29) is 23.9 Å². The molecular formula is C46H55N9O2. The molecule has 4 heterocycles. The van der Waals surface area contributed by atoms with Crippen LogP contribution in [0.3, 0.4) is 0 Å². The molecule has 0 atom stereocenters. The van der Waals surface area contributed by atoms with Crippen LogP contribution in [0.1, 0.15) is 59.2 Å². The van der Waals surface area contributed by atoms with Crippen molar-refractivity contribution in [2.75, 3.05) is 77.1 Å². The Hall–Kier alpha value is -5.36. The zero-order chi connectivity index (χ0) is 39.1. The molecular weight excluding hydrogens is 711 g/mol. The fourth-order valence-corrected chi connectivity index (χ4v) is 8.39. The van der Waals surface area contributed by atoms with Gasteiger partial charge < -0.3 is 36.4 Å². The van der Waals surface area contributed by atoms with Gasteiger partial charge in [0, 0.05) is 46.7 Å². The Bertz CT molecular complexity index is 2200. The average Bonchev–Trinajstić information content (AvgIpc) is 3.23. The Labute approximate surface area is 335 Å². The number of para-hydroxylation sites is 4. The van der Waals surface area contributed by atoms with E-state index in [2.05, 4.69) is 74.7 Å². The number of likely N-dealkylation sites (tertiary alicyclic amines) is 2. The summed E-state index contributed by atoms with van der Waals surface area (Å²) in [6.45, 7) is 7.27. The van der Waals surface area contributed by atoms with Crippen molar-refractivity contribution < 1.29 is 9.59 Å². The molecule has 296 valence electrons. The minimum atomic E-state index is -0.0524. The van der Waals surface area contributed by atoms with E-state index < -0.39 is 0 Å². The normalized spacial score (nSPS) is 16.0. The summed E-state index contributed by atoms with van der Waals surface area (Å²) < 4.78 is 0. The monoisotopic (exact) mass is 765 g/mol. The lowest BCUT2D eigenvalue weighted by molar-refractivity contribution is 0.0910. The zero-order valence-corrected chi connectivity index (χ0v) is 33.2. The Morgan fingerprint density at radius 2 is 0.947 bits per heavy atom. The Kier molecular flexibility index (Phi) is 12.1. The van der Waals surface area contributed by atoms with Gasteiger partial charge in [0.2, 0.25) is 0 Å². The molecule has 6 aromatic rings. The largest absolute Gasteiger partial charge is 0.384 e. The van der Waals surface area contributed by atoms with Crippen LogP contribution in [0, 0.1) is 0 Å². The third-order valence-corrected chi connectivity index (χ3v) is 11.7. The number of carbonyl (C=O) groups is 2. The van der Waals surface area contributed by atoms with Gasteiger partial charge in [-0.15, -0.1) is 0 Å². The van der Waals surface area contributed by atoms with Gasteiger partial charge in [0.1, 0.15) is 0 Å². The summed E-state index contributed by atoms with van der Waals surface area (Å²) in [5.41, 5.74) is 6.50. The van der Waals surface area contributed by atoms with E-state index >= 15 is 0 Å². The van der Waals surface area contributed by atoms with Crippen molar-refractivity contribution in [3.8, 4) is 0 Å². The minimum absolute atomic E-state index is 0.0524. The summed E-state index contributed by atoms with van der Waals surface area (Å²) in [6.07, 6.45) is 5.71. The minimum Gasteiger partial charge on any atom is -0.384 e. The van der Waals surface area contributed by atoms with Crippen LogP contribution in [0.25, 0.3) is 43.6 Å². The van der Waals surface area contributed by atoms with Crippen molar-refractivity contribution >= 4 is 66.8 Å². The van der Waals surface area contributed by atoms with Crippen LogP contribution in [0.4, 0.5) is 11.4 Å². The molecule has 0 saturated carbocycles. The first-order valence-electron chi connectivity index (χ1n) is 20.7. The van der Waals surface area contributed by atoms with Crippen molar-refractivity contribution in [2.45, 2.75) is 50.6 Å². The summed E-state index contributed by atoms with van der Waals surface area (Å²) in [6, 6.07) is 28.5. The van der Waals surface area contributed by atoms with Gasteiger partial charge in [-0.3, -0.25) is 9.59 Å². The molecule has 5 N–H and O–H groups in total. The highest BCUT2D eigenvalue weighted by Crippen LogP contribution is 2.34. The molecule has 2 saturated heterocycles. The van der Waals surface area contributed by atoms with Crippen LogP contribution in [-0.2, 0) is 0 Å². The molecule has 0 bridgehead atoms. The second kappa shape index (κ2) is 17.8. The molecule has 0 unspecified atom stereocenters. The molecule has 2 amide bonds. The lowest BCUT2D eigenvalue weighted by Gasteiger charge is -2.29. The topological polar surface area (TPSA) is 127 Å². The molecule has 4 aromatic carbocycles. The molecule has 11 heteroatoms. The predicted octanol–water partition coefficient (Wildman–Crippen LogP) is 6.63. The third kappa shape index (κ3) is 8.81. The maximum absolute atomic E-state index is 13.6. The van der Waals surface area contributed by atoms with Gasteiger partial charge in [-0.25, -0.2) is 9.97 Å². The van der Waals surface area contributed by atoms with Gasteiger partial charge in [0.15, 0.2) is 0 Å². The first-order chi connectivity index (χ1) is 27.9. The van der Waals surface area contributed by atoms with Gasteiger partial charge in [0.05, 0.1) is 44.6 Å². The summed E-state index contributed by atoms with van der Waals surface area (Å²) >= 11 is 0. The lowest BCUT2D eigenvalue weighted by atomic mass is 10.0. The van der Waals surface area contributed by atoms with E-state index in [1.807, 2.05) is 60.7 Å². The Balaban J connectivity index is 0.868. The van der Waals surface area contributed by atoms with E-state index in [9.17, 15) is 9.59 Å². The van der Waals surface area contributed by atoms with Crippen LogP contribution in [0.5, 0.6) is 0 Å². The maximum atomic E-state index is 13.6. The molecule has 8 rings (SSSR count). The van der Waals surface area contributed by atoms with Crippen LogP contribution in [-0.4, -0.2) is 110 Å². The van der Waals surface area contributed by atoms with Gasteiger partial charge in [-0.2, -0.15) is 0 Å². The Morgan fingerprint density at radius 3 is 1.39 bits per heavy atom. The van der Waals surface area contributed by atoms with Gasteiger partial charge in [-0.1, -0.05) is 60.7 Å². The Morgan fingerprint density at radius 1 is 0.544 bits per heavy atom. The second-order valence-electron chi connectivity index (χ2n) is 15.8. The first-order valence-corrected chi connectivity index (χ1v) is 20.7. The molecule has 2 aliphatic rings. The standard InChI is InChI=1S/C46H55N9O2/c1-54-27-19-31(20-28-54)50-45(56)37-15-7-13-35-41(33-11-3-5-17-39(33)52-43(35)37)48-25-9-23-47-24-10-26-49-42-34-12-4-6-18-40(34)53-44-36(42)14-8-16-38(44)46(57)51-32-21-29-55(2)30-22-32/h3-8,11-18,31-32,47H,9-10,19-30H2,1-2H3,(H,48,52)(H,49,53)(H,50,56)(H,51,57). The number of aromatic nitrogens is 2. The maximum Gasteiger partial charge on any atom is 0.253 e. The number of fused-ring (bicyclic) bond motifs is 4. The van der Waals surface area contributed by atoms with E-state index in [1.54, 1.807) is 0 Å². The quantitative estimate of drug-likeness (QED) is 0.0614. The number of anilines is 2. The number of pyridine rings is 2. The number of amides is 2. The van der Waals surface area contributed by atoms with Crippen molar-refractivity contribution in [2.24, 2.45) is 0 Å². The van der Waals surface area contributed by atoms with Gasteiger partial charge in [0.25, 0.3) is 11.8 Å². The molecule has 2 fully saturated rings. The lowest BCUT2D eigenvalue weighted by Crippen LogP contribution is -2.43. The number of nitrogens with one attached hydrogen (secondary N) is 5. The van der Waals surface area contributed by atoms with Crippen LogP contribution < -0.4 is 26.6 Å². The summed E-state index contributed by atoms with van der Waals surface area (Å²) in [5, 5.41) is 21.6. The van der Waals surface area contributed by atoms with E-state index in [0.717, 1.165) is 146 Å². The summed E-state index contributed by atoms with van der Waals surface area (Å²) in [4.78, 5) is 41.7. The predicted molar refractivity (Wildman–Crippen MR) is 234 cm³/mol. The molecule has 0 spiro atoms. The highest BCUT2D eigenvalue weighted by Gasteiger charge is 2.23. The molecule has 11 nitrogen and oxygen atoms in total. The average molecular weight is 766 g/mol. The number of piperidine rings is 2. The summed E-state index contributed by atoms with van der Waals surface area (Å²) in [7, 11) is 4.26. The van der Waals surface area contributed by atoms with Crippen molar-refractivity contribution in [3.05, 3.63) is 96.1 Å². The van der Waals surface area contributed by atoms with E-state index in [1.165, 1.54) is 0 Å². The zero-order valence-electron chi connectivity index (χ0n) is 33.2. The SMILES string of the molecule is CN1CCC(NC(=O)c2cccc3c(NCCCNCCCNc4c5ccccc5nc5c(C(=O)NC6CCN(C)CC6)cccc45)c4ccccc4nc23)CC1. The van der Waals surface area contributed by atoms with Gasteiger partial charge >= 0.3 is 0 Å². The smallest absolute Gasteiger partial charge is 0.253 e. The van der Waals surface area contributed by atoms with E-state index in [4.69, 9.17) is 9.97 Å². The summed E-state index contributed by atoms with van der Waals surface area (Å²) in [5.74, 6) is -0.105. The molecule has 2 aromatic heterocycles. The molecule has 2 aliphatic heterocycles. The second-order valence-corrected chi connectivity index (χ2v) is 15.8. The number of hydrogen-bond acceptors (Lipinski definition) is 9. The fourth-order valence-electron chi connectivity index (χ4n) is 8.39. The fraction of sp³-hybridized carbons (Fsp3) is 0.391. The number of rotatable bonds is 14. The van der Waals surface area contributed by atoms with Crippen LogP contribution >= 0.6 is 0 Å². The van der Waals surface area contributed by atoms with Crippen LogP contribution in [0.2, 0.25) is 0 Å². The van der Waals surface area contributed by atoms with Crippen LogP contribution in [0.15, 0.2) is 84.9 Å². The number of hydrogen-bond donors (Lipinski definition) is 5.